The Morgan fingerprint density at radius 3 is 1.76 bits per heavy atom. The van der Waals surface area contributed by atoms with Gasteiger partial charge in [-0.25, -0.2) is 4.58 Å². The van der Waals surface area contributed by atoms with Gasteiger partial charge >= 0.3 is 15.7 Å². The van der Waals surface area contributed by atoms with Crippen molar-refractivity contribution in [3.8, 4) is 0 Å². The molecule has 1 N–H and O–H groups in total. The SMILES string of the molecule is CCC(Cc1ccccc1)(C(O)=C1C=CC(=[N+]2CCOCC2)C=C1)N(C)C.FF.FF.F[B]F.F[B]F.[Zn]. The quantitative estimate of drug-likeness (QED) is 0.195. The first-order valence-electron chi connectivity index (χ1n) is 10.9. The van der Waals surface area contributed by atoms with Crippen LogP contribution in [-0.2, 0) is 30.6 Å². The normalized spacial score (nSPS) is 14.9. The number of benzene rings is 1. The third-order valence-corrected chi connectivity index (χ3v) is 5.74. The molecule has 208 valence electrons. The average molecular weight is 607 g/mol. The van der Waals surface area contributed by atoms with E-state index < -0.39 is 21.2 Å². The Morgan fingerprint density at radius 2 is 1.37 bits per heavy atom. The fourth-order valence-corrected chi connectivity index (χ4v) is 3.92. The number of aliphatic hydroxyl groups is 1. The van der Waals surface area contributed by atoms with E-state index >= 15 is 0 Å². The van der Waals surface area contributed by atoms with Gasteiger partial charge in [-0.15, -0.1) is 0 Å². The summed E-state index contributed by atoms with van der Waals surface area (Å²) in [6, 6.07) is 10.4. The standard InChI is InChI=1S/C23H30N2O2.2BF2.2F2.Zn/c1-4-23(24(2)3,18-19-8-6-5-7-9-19)22(26)20-10-12-21(13-11-20)25-14-16-27-17-15-25;2*2-1-3;2*1-2;/h5-13H,4,14-18H2,1-3H3;;;;;/p+1. The number of morpholine rings is 1. The van der Waals surface area contributed by atoms with Gasteiger partial charge in [-0.3, -0.25) is 22.2 Å². The van der Waals surface area contributed by atoms with Crippen LogP contribution in [0.4, 0.5) is 35.6 Å². The molecule has 3 rings (SSSR count). The van der Waals surface area contributed by atoms with Crippen molar-refractivity contribution in [3.05, 3.63) is 71.5 Å². The predicted octanol–water partition coefficient (Wildman–Crippen LogP) is 5.96. The van der Waals surface area contributed by atoms with Crippen molar-refractivity contribution in [1.82, 2.24) is 4.90 Å². The molecule has 1 aromatic carbocycles. The van der Waals surface area contributed by atoms with E-state index in [4.69, 9.17) is 23.0 Å². The zero-order chi connectivity index (χ0) is 28.7. The number of likely N-dealkylation sites (N-methyl/N-ethyl adjacent to an activating group) is 1. The molecule has 0 aromatic heterocycles. The van der Waals surface area contributed by atoms with Crippen LogP contribution in [0.3, 0.4) is 0 Å². The minimum atomic E-state index is -1.00. The summed E-state index contributed by atoms with van der Waals surface area (Å²) in [5.74, 6) is 0.437. The summed E-state index contributed by atoms with van der Waals surface area (Å²) < 4.78 is 77.8. The van der Waals surface area contributed by atoms with E-state index in [1.165, 1.54) is 11.3 Å². The number of rotatable bonds is 5. The Balaban J connectivity index is -0.000000982. The minimum absolute atomic E-state index is 0. The Labute approximate surface area is 232 Å². The molecule has 0 bridgehead atoms. The third-order valence-electron chi connectivity index (χ3n) is 5.74. The van der Waals surface area contributed by atoms with E-state index in [-0.39, 0.29) is 19.5 Å². The molecule has 4 nitrogen and oxygen atoms in total. The molecular formula is C23H31B2F8N2O2Zn+. The number of aliphatic hydroxyl groups excluding tert-OH is 1. The molecule has 1 saturated heterocycles. The number of allylic oxidation sites excluding steroid dienone is 5. The number of halogens is 8. The van der Waals surface area contributed by atoms with Crippen molar-refractivity contribution in [2.75, 3.05) is 40.4 Å². The van der Waals surface area contributed by atoms with E-state index in [2.05, 4.69) is 52.8 Å². The Morgan fingerprint density at radius 1 is 0.921 bits per heavy atom. The second-order valence-corrected chi connectivity index (χ2v) is 7.60. The topological polar surface area (TPSA) is 35.7 Å². The van der Waals surface area contributed by atoms with Gasteiger partial charge in [0.05, 0.1) is 5.54 Å². The van der Waals surface area contributed by atoms with E-state index in [1.807, 2.05) is 32.3 Å². The van der Waals surface area contributed by atoms with Crippen LogP contribution in [0.5, 0.6) is 0 Å². The van der Waals surface area contributed by atoms with Crippen LogP contribution in [0.1, 0.15) is 18.9 Å². The molecular weight excluding hydrogens is 575 g/mol. The number of ether oxygens (including phenoxy) is 1. The largest absolute Gasteiger partial charge is 0.577 e. The van der Waals surface area contributed by atoms with Crippen molar-refractivity contribution in [1.29, 1.82) is 0 Å². The van der Waals surface area contributed by atoms with Crippen LogP contribution >= 0.6 is 0 Å². The molecule has 1 aliphatic carbocycles. The molecule has 1 unspecified atom stereocenters. The van der Waals surface area contributed by atoms with E-state index in [0.29, 0.717) is 5.76 Å². The summed E-state index contributed by atoms with van der Waals surface area (Å²) in [5, 5.41) is 11.3. The molecule has 2 aliphatic rings. The zero-order valence-electron chi connectivity index (χ0n) is 21.6. The van der Waals surface area contributed by atoms with Crippen LogP contribution in [0.2, 0.25) is 0 Å². The zero-order valence-corrected chi connectivity index (χ0v) is 24.5. The van der Waals surface area contributed by atoms with Crippen molar-refractivity contribution in [2.45, 2.75) is 25.3 Å². The van der Waals surface area contributed by atoms with E-state index in [9.17, 15) is 22.4 Å². The van der Waals surface area contributed by atoms with Crippen LogP contribution in [0.15, 0.2) is 66.0 Å². The Kier molecular flexibility index (Phi) is 27.0. The van der Waals surface area contributed by atoms with Gasteiger partial charge in [-0.2, -0.15) is 0 Å². The second-order valence-electron chi connectivity index (χ2n) is 7.60. The molecule has 38 heavy (non-hydrogen) atoms. The smallest absolute Gasteiger partial charge is 0.510 e. The summed E-state index contributed by atoms with van der Waals surface area (Å²) in [6.07, 6.45) is 9.89. The first kappa shape index (κ1) is 40.5. The molecule has 1 heterocycles. The van der Waals surface area contributed by atoms with Crippen LogP contribution in [0.25, 0.3) is 0 Å². The van der Waals surface area contributed by atoms with Crippen molar-refractivity contribution >= 4 is 21.4 Å². The molecule has 2 radical (unpaired) electrons. The van der Waals surface area contributed by atoms with Crippen molar-refractivity contribution < 1.29 is 69.5 Å². The van der Waals surface area contributed by atoms with Crippen LogP contribution < -0.4 is 0 Å². The predicted molar refractivity (Wildman–Crippen MR) is 131 cm³/mol. The van der Waals surface area contributed by atoms with Gasteiger partial charge in [0.2, 0.25) is 0 Å². The fourth-order valence-electron chi connectivity index (χ4n) is 3.92. The Bertz CT molecular complexity index is 822. The molecule has 15 heteroatoms. The molecule has 0 amide bonds. The molecule has 1 atom stereocenters. The second kappa shape index (κ2) is 25.3. The minimum Gasteiger partial charge on any atom is -0.510 e. The van der Waals surface area contributed by atoms with Crippen LogP contribution in [0, 0.1) is 0 Å². The maximum absolute atomic E-state index is 11.3. The first-order chi connectivity index (χ1) is 17.9. The Hall–Kier alpha value is -1.98. The van der Waals surface area contributed by atoms with Gasteiger partial charge in [0.1, 0.15) is 19.0 Å². The summed E-state index contributed by atoms with van der Waals surface area (Å²) >= 11 is 0. The van der Waals surface area contributed by atoms with Gasteiger partial charge in [-0.1, -0.05) is 37.3 Å². The van der Waals surface area contributed by atoms with Crippen molar-refractivity contribution in [2.24, 2.45) is 0 Å². The van der Waals surface area contributed by atoms with Crippen LogP contribution in [-0.4, -0.2) is 81.9 Å². The molecule has 0 spiro atoms. The molecule has 1 aliphatic heterocycles. The summed E-state index contributed by atoms with van der Waals surface area (Å²) in [7, 11) is 2.09. The average Bonchev–Trinajstić information content (AvgIpc) is 2.95. The molecule has 1 aromatic rings. The number of hydrogen-bond donors (Lipinski definition) is 1. The monoisotopic (exact) mass is 605 g/mol. The number of nitrogens with zero attached hydrogens (tertiary/aromatic N) is 2. The maximum Gasteiger partial charge on any atom is 0.577 e. The fraction of sp³-hybridized carbons (Fsp3) is 0.435. The van der Waals surface area contributed by atoms with Gasteiger partial charge in [-0.05, 0) is 44.7 Å². The van der Waals surface area contributed by atoms with E-state index in [1.54, 1.807) is 0 Å². The maximum atomic E-state index is 11.3. The van der Waals surface area contributed by atoms with Gasteiger partial charge < -0.3 is 9.84 Å². The third kappa shape index (κ3) is 13.7. The van der Waals surface area contributed by atoms with Gasteiger partial charge in [0, 0.05) is 55.5 Å². The summed E-state index contributed by atoms with van der Waals surface area (Å²) in [5.41, 5.74) is 2.87. The summed E-state index contributed by atoms with van der Waals surface area (Å²) in [4.78, 5) is 2.14. The first-order valence-corrected chi connectivity index (χ1v) is 10.9. The van der Waals surface area contributed by atoms with Crippen molar-refractivity contribution in [3.63, 3.8) is 0 Å². The number of hydrogen-bond acceptors (Lipinski definition) is 3. The van der Waals surface area contributed by atoms with Gasteiger partial charge in [0.25, 0.3) is 0 Å². The molecule has 0 saturated carbocycles. The summed E-state index contributed by atoms with van der Waals surface area (Å²) in [6.45, 7) is 5.52. The van der Waals surface area contributed by atoms with Gasteiger partial charge in [0.15, 0.2) is 18.8 Å². The van der Waals surface area contributed by atoms with E-state index in [0.717, 1.165) is 44.7 Å². The molecule has 1 fully saturated rings.